The molecule has 8 heteroatoms. The fourth-order valence-corrected chi connectivity index (χ4v) is 2.51. The van der Waals surface area contributed by atoms with Gasteiger partial charge in [-0.15, -0.1) is 0 Å². The normalized spacial score (nSPS) is 18.9. The second kappa shape index (κ2) is 5.57. The SMILES string of the molecule is CCNC(=O)C1COCCN1c1ccc(N)c2nonc12. The Hall–Kier alpha value is -2.35. The van der Waals surface area contributed by atoms with Crippen LogP contribution in [0.15, 0.2) is 16.8 Å². The number of benzene rings is 1. The lowest BCUT2D eigenvalue weighted by Gasteiger charge is -2.36. The van der Waals surface area contributed by atoms with Crippen LogP contribution >= 0.6 is 0 Å². The number of hydrogen-bond donors (Lipinski definition) is 2. The molecule has 3 N–H and O–H groups in total. The molecule has 0 spiro atoms. The first-order chi connectivity index (χ1) is 10.2. The van der Waals surface area contributed by atoms with E-state index >= 15 is 0 Å². The van der Waals surface area contributed by atoms with Gasteiger partial charge in [-0.05, 0) is 29.4 Å². The summed E-state index contributed by atoms with van der Waals surface area (Å²) in [6, 6.07) is 3.17. The number of carbonyl (C=O) groups is 1. The smallest absolute Gasteiger partial charge is 0.245 e. The number of nitrogen functional groups attached to an aromatic ring is 1. The molecule has 1 saturated heterocycles. The first-order valence-corrected chi connectivity index (χ1v) is 6.85. The van der Waals surface area contributed by atoms with Gasteiger partial charge in [0.1, 0.15) is 6.04 Å². The van der Waals surface area contributed by atoms with Crippen molar-refractivity contribution in [3.8, 4) is 0 Å². The molecule has 8 nitrogen and oxygen atoms in total. The van der Waals surface area contributed by atoms with Crippen molar-refractivity contribution >= 4 is 28.3 Å². The first-order valence-electron chi connectivity index (χ1n) is 6.85. The number of nitrogens with two attached hydrogens (primary N) is 1. The van der Waals surface area contributed by atoms with Crippen molar-refractivity contribution in [2.45, 2.75) is 13.0 Å². The van der Waals surface area contributed by atoms with E-state index in [1.165, 1.54) is 0 Å². The van der Waals surface area contributed by atoms with Gasteiger partial charge in [-0.2, -0.15) is 0 Å². The maximum Gasteiger partial charge on any atom is 0.245 e. The highest BCUT2D eigenvalue weighted by Crippen LogP contribution is 2.30. The maximum atomic E-state index is 12.2. The average molecular weight is 291 g/mol. The Labute approximate surface area is 121 Å². The Morgan fingerprint density at radius 3 is 3.10 bits per heavy atom. The largest absolute Gasteiger partial charge is 0.397 e. The van der Waals surface area contributed by atoms with Gasteiger partial charge in [-0.3, -0.25) is 4.79 Å². The molecular weight excluding hydrogens is 274 g/mol. The third kappa shape index (κ3) is 2.38. The fourth-order valence-electron chi connectivity index (χ4n) is 2.51. The minimum absolute atomic E-state index is 0.0707. The molecule has 0 saturated carbocycles. The third-order valence-electron chi connectivity index (χ3n) is 3.52. The molecule has 1 aliphatic heterocycles. The summed E-state index contributed by atoms with van der Waals surface area (Å²) in [6.07, 6.45) is 0. The van der Waals surface area contributed by atoms with Crippen LogP contribution in [0.2, 0.25) is 0 Å². The Morgan fingerprint density at radius 2 is 2.29 bits per heavy atom. The zero-order valence-corrected chi connectivity index (χ0v) is 11.7. The molecule has 21 heavy (non-hydrogen) atoms. The van der Waals surface area contributed by atoms with Crippen LogP contribution < -0.4 is 16.0 Å². The van der Waals surface area contributed by atoms with Crippen molar-refractivity contribution in [3.05, 3.63) is 12.1 Å². The van der Waals surface area contributed by atoms with Crippen molar-refractivity contribution < 1.29 is 14.2 Å². The minimum Gasteiger partial charge on any atom is -0.397 e. The number of anilines is 2. The first kappa shape index (κ1) is 13.6. The zero-order valence-electron chi connectivity index (χ0n) is 11.7. The average Bonchev–Trinajstić information content (AvgIpc) is 2.98. The van der Waals surface area contributed by atoms with Crippen molar-refractivity contribution in [3.63, 3.8) is 0 Å². The van der Waals surface area contributed by atoms with Gasteiger partial charge in [0.15, 0.2) is 11.0 Å². The van der Waals surface area contributed by atoms with E-state index in [0.717, 1.165) is 5.69 Å². The van der Waals surface area contributed by atoms with Crippen LogP contribution in [0.3, 0.4) is 0 Å². The summed E-state index contributed by atoms with van der Waals surface area (Å²) in [5, 5.41) is 10.5. The summed E-state index contributed by atoms with van der Waals surface area (Å²) in [7, 11) is 0. The molecule has 1 unspecified atom stereocenters. The molecule has 1 amide bonds. The Bertz CT molecular complexity index is 656. The van der Waals surface area contributed by atoms with E-state index < -0.39 is 6.04 Å². The number of likely N-dealkylation sites (N-methyl/N-ethyl adjacent to an activating group) is 1. The number of nitrogens with zero attached hydrogens (tertiary/aromatic N) is 3. The monoisotopic (exact) mass is 291 g/mol. The number of fused-ring (bicyclic) bond motifs is 1. The third-order valence-corrected chi connectivity index (χ3v) is 3.52. The topological polar surface area (TPSA) is 107 Å². The molecular formula is C13H17N5O3. The van der Waals surface area contributed by atoms with E-state index in [9.17, 15) is 4.79 Å². The number of rotatable bonds is 3. The molecule has 0 radical (unpaired) electrons. The van der Waals surface area contributed by atoms with E-state index in [0.29, 0.717) is 43.0 Å². The number of aromatic nitrogens is 2. The number of morpholine rings is 1. The van der Waals surface area contributed by atoms with Crippen LogP contribution in [-0.4, -0.2) is 48.6 Å². The molecule has 2 aromatic rings. The summed E-state index contributed by atoms with van der Waals surface area (Å²) >= 11 is 0. The van der Waals surface area contributed by atoms with E-state index in [2.05, 4.69) is 15.6 Å². The Morgan fingerprint density at radius 1 is 1.48 bits per heavy atom. The number of ether oxygens (including phenoxy) is 1. The summed E-state index contributed by atoms with van der Waals surface area (Å²) < 4.78 is 10.2. The van der Waals surface area contributed by atoms with Gasteiger partial charge in [0, 0.05) is 13.1 Å². The molecule has 3 rings (SSSR count). The van der Waals surface area contributed by atoms with Crippen LogP contribution in [0.1, 0.15) is 6.92 Å². The van der Waals surface area contributed by atoms with Gasteiger partial charge >= 0.3 is 0 Å². The standard InChI is InChI=1S/C13H17N5O3/c1-2-15-13(19)10-7-20-6-5-18(10)9-4-3-8(14)11-12(9)17-21-16-11/h3-4,10H,2,5-7,14H2,1H3,(H,15,19). The van der Waals surface area contributed by atoms with Crippen molar-refractivity contribution in [1.29, 1.82) is 0 Å². The molecule has 0 aliphatic carbocycles. The summed E-state index contributed by atoms with van der Waals surface area (Å²) in [5.74, 6) is -0.0707. The van der Waals surface area contributed by atoms with Gasteiger partial charge in [0.2, 0.25) is 5.91 Å². The number of hydrogen-bond acceptors (Lipinski definition) is 7. The van der Waals surface area contributed by atoms with Crippen LogP contribution in [0.4, 0.5) is 11.4 Å². The highest BCUT2D eigenvalue weighted by molar-refractivity contribution is 5.97. The summed E-state index contributed by atoms with van der Waals surface area (Å²) in [6.45, 7) is 3.93. The number of nitrogens with one attached hydrogen (secondary N) is 1. The predicted octanol–water partition coefficient (Wildman–Crippen LogP) is 0.146. The van der Waals surface area contributed by atoms with Gasteiger partial charge < -0.3 is 20.7 Å². The lowest BCUT2D eigenvalue weighted by Crippen LogP contribution is -2.54. The van der Waals surface area contributed by atoms with Crippen LogP contribution in [0.25, 0.3) is 11.0 Å². The lowest BCUT2D eigenvalue weighted by atomic mass is 10.1. The zero-order chi connectivity index (χ0) is 14.8. The molecule has 1 aromatic carbocycles. The van der Waals surface area contributed by atoms with Crippen LogP contribution in [-0.2, 0) is 9.53 Å². The lowest BCUT2D eigenvalue weighted by molar-refractivity contribution is -0.124. The molecule has 0 bridgehead atoms. The molecule has 1 atom stereocenters. The Balaban J connectivity index is 2.00. The number of carbonyl (C=O) groups excluding carboxylic acids is 1. The molecule has 1 fully saturated rings. The fraction of sp³-hybridized carbons (Fsp3) is 0.462. The van der Waals surface area contributed by atoms with Crippen molar-refractivity contribution in [2.24, 2.45) is 0 Å². The minimum atomic E-state index is -0.401. The van der Waals surface area contributed by atoms with Crippen LogP contribution in [0.5, 0.6) is 0 Å². The number of amides is 1. The van der Waals surface area contributed by atoms with Gasteiger partial charge in [-0.25, -0.2) is 4.63 Å². The van der Waals surface area contributed by atoms with E-state index in [4.69, 9.17) is 15.1 Å². The summed E-state index contributed by atoms with van der Waals surface area (Å²) in [4.78, 5) is 14.2. The quantitative estimate of drug-likeness (QED) is 0.775. The second-order valence-corrected chi connectivity index (χ2v) is 4.81. The Kier molecular flexibility index (Phi) is 3.61. The molecule has 1 aromatic heterocycles. The second-order valence-electron chi connectivity index (χ2n) is 4.81. The van der Waals surface area contributed by atoms with Crippen LogP contribution in [0, 0.1) is 0 Å². The van der Waals surface area contributed by atoms with Gasteiger partial charge in [0.25, 0.3) is 0 Å². The van der Waals surface area contributed by atoms with E-state index in [1.807, 2.05) is 17.9 Å². The van der Waals surface area contributed by atoms with Gasteiger partial charge in [-0.1, -0.05) is 0 Å². The molecule has 2 heterocycles. The predicted molar refractivity (Wildman–Crippen MR) is 76.9 cm³/mol. The van der Waals surface area contributed by atoms with E-state index in [-0.39, 0.29) is 5.91 Å². The summed E-state index contributed by atoms with van der Waals surface area (Å²) in [5.41, 5.74) is 8.20. The van der Waals surface area contributed by atoms with Gasteiger partial charge in [0.05, 0.1) is 24.6 Å². The maximum absolute atomic E-state index is 12.2. The van der Waals surface area contributed by atoms with Crippen molar-refractivity contribution in [1.82, 2.24) is 15.6 Å². The van der Waals surface area contributed by atoms with E-state index in [1.54, 1.807) is 6.07 Å². The highest BCUT2D eigenvalue weighted by atomic mass is 16.6. The van der Waals surface area contributed by atoms with Crippen molar-refractivity contribution in [2.75, 3.05) is 36.9 Å². The molecule has 1 aliphatic rings. The molecule has 112 valence electrons. The highest BCUT2D eigenvalue weighted by Gasteiger charge is 2.31.